The zero-order valence-electron chi connectivity index (χ0n) is 26.5. The Morgan fingerprint density at radius 2 is 0.950 bits per heavy atom. The van der Waals surface area contributed by atoms with E-state index in [1.165, 1.54) is 103 Å². The number of rotatable bonds is 30. The molecule has 0 radical (unpaired) electrons. The fraction of sp³-hybridized carbons (Fsp3) is 0.909. The molecule has 0 aliphatic heterocycles. The van der Waals surface area contributed by atoms with Gasteiger partial charge in [-0.3, -0.25) is 14.4 Å². The molecule has 0 aromatic carbocycles. The summed E-state index contributed by atoms with van der Waals surface area (Å²) in [6.45, 7) is 6.21. The Morgan fingerprint density at radius 1 is 0.525 bits per heavy atom. The number of amides is 3. The summed E-state index contributed by atoms with van der Waals surface area (Å²) in [5.74, 6) is -0.436. The van der Waals surface area contributed by atoms with E-state index < -0.39 is 6.04 Å². The van der Waals surface area contributed by atoms with Gasteiger partial charge in [-0.05, 0) is 32.2 Å². The minimum Gasteiger partial charge on any atom is -0.356 e. The average molecular weight is 567 g/mol. The van der Waals surface area contributed by atoms with Crippen molar-refractivity contribution in [2.45, 2.75) is 174 Å². The van der Waals surface area contributed by atoms with E-state index in [4.69, 9.17) is 5.73 Å². The Bertz CT molecular complexity index is 600. The van der Waals surface area contributed by atoms with Gasteiger partial charge in [0.05, 0.1) is 0 Å². The van der Waals surface area contributed by atoms with Crippen molar-refractivity contribution >= 4 is 17.7 Å². The molecule has 0 aromatic heterocycles. The summed E-state index contributed by atoms with van der Waals surface area (Å²) in [4.78, 5) is 37.4. The van der Waals surface area contributed by atoms with Crippen LogP contribution in [0.4, 0.5) is 0 Å². The molecule has 0 bridgehead atoms. The van der Waals surface area contributed by atoms with Gasteiger partial charge in [-0.25, -0.2) is 0 Å². The minimum absolute atomic E-state index is 0.0559. The lowest BCUT2D eigenvalue weighted by Gasteiger charge is -2.18. The highest BCUT2D eigenvalue weighted by molar-refractivity contribution is 5.88. The molecule has 236 valence electrons. The quantitative estimate of drug-likeness (QED) is 0.0697. The molecule has 0 saturated carbocycles. The maximum absolute atomic E-state index is 12.8. The Labute approximate surface area is 247 Å². The first-order chi connectivity index (χ1) is 19.5. The second-order valence-electron chi connectivity index (χ2n) is 11.6. The van der Waals surface area contributed by atoms with Gasteiger partial charge in [0.1, 0.15) is 6.04 Å². The first kappa shape index (κ1) is 38.4. The molecule has 0 saturated heterocycles. The summed E-state index contributed by atoms with van der Waals surface area (Å²) in [6.07, 6.45) is 26.5. The third kappa shape index (κ3) is 26.6. The van der Waals surface area contributed by atoms with Crippen molar-refractivity contribution in [1.29, 1.82) is 0 Å². The molecular formula is C33H66N4O3. The maximum Gasteiger partial charge on any atom is 0.242 e. The number of hydrogen-bond donors (Lipinski definition) is 4. The monoisotopic (exact) mass is 567 g/mol. The highest BCUT2D eigenvalue weighted by Crippen LogP contribution is 2.11. The maximum atomic E-state index is 12.8. The Kier molecular flexibility index (Phi) is 29.1. The van der Waals surface area contributed by atoms with Crippen molar-refractivity contribution in [3.05, 3.63) is 0 Å². The van der Waals surface area contributed by atoms with Crippen molar-refractivity contribution in [1.82, 2.24) is 16.0 Å². The molecular weight excluding hydrogens is 500 g/mol. The second-order valence-corrected chi connectivity index (χ2v) is 11.6. The standard InChI is InChI=1S/C33H66N4O3/c1-3-5-7-9-11-13-15-17-19-21-28-35-31(38)26-25-30(37-32(39)24-23-27-34)33(40)36-29-22-20-18-16-14-12-10-8-6-4-2/h30H,3-29,34H2,1-2H3,(H,35,38)(H,36,40)(H,37,39). The van der Waals surface area contributed by atoms with Crippen molar-refractivity contribution in [3.63, 3.8) is 0 Å². The van der Waals surface area contributed by atoms with Gasteiger partial charge in [-0.2, -0.15) is 0 Å². The van der Waals surface area contributed by atoms with E-state index in [0.29, 0.717) is 38.9 Å². The third-order valence-electron chi connectivity index (χ3n) is 7.60. The Hall–Kier alpha value is -1.63. The van der Waals surface area contributed by atoms with E-state index in [9.17, 15) is 14.4 Å². The lowest BCUT2D eigenvalue weighted by molar-refractivity contribution is -0.129. The van der Waals surface area contributed by atoms with Crippen LogP contribution in [0, 0.1) is 0 Å². The molecule has 7 nitrogen and oxygen atoms in total. The van der Waals surface area contributed by atoms with Crippen LogP contribution >= 0.6 is 0 Å². The van der Waals surface area contributed by atoms with Gasteiger partial charge < -0.3 is 21.7 Å². The zero-order chi connectivity index (χ0) is 29.5. The van der Waals surface area contributed by atoms with E-state index in [1.54, 1.807) is 0 Å². The van der Waals surface area contributed by atoms with E-state index >= 15 is 0 Å². The summed E-state index contributed by atoms with van der Waals surface area (Å²) in [7, 11) is 0. The van der Waals surface area contributed by atoms with E-state index in [1.807, 2.05) is 0 Å². The smallest absolute Gasteiger partial charge is 0.242 e. The molecule has 0 fully saturated rings. The fourth-order valence-corrected chi connectivity index (χ4v) is 4.95. The molecule has 0 spiro atoms. The molecule has 7 heteroatoms. The first-order valence-electron chi connectivity index (χ1n) is 17.1. The van der Waals surface area contributed by atoms with Gasteiger partial charge in [0.15, 0.2) is 0 Å². The molecule has 5 N–H and O–H groups in total. The molecule has 3 amide bonds. The van der Waals surface area contributed by atoms with Crippen LogP contribution in [0.25, 0.3) is 0 Å². The van der Waals surface area contributed by atoms with E-state index in [0.717, 1.165) is 25.7 Å². The molecule has 0 aliphatic rings. The summed E-state index contributed by atoms with van der Waals surface area (Å²) in [6, 6.07) is -0.684. The normalized spacial score (nSPS) is 11.8. The van der Waals surface area contributed by atoms with Crippen molar-refractivity contribution in [3.8, 4) is 0 Å². The predicted octanol–water partition coefficient (Wildman–Crippen LogP) is 7.06. The van der Waals surface area contributed by atoms with Crippen LogP contribution in [-0.4, -0.2) is 43.4 Å². The topological polar surface area (TPSA) is 113 Å². The lowest BCUT2D eigenvalue weighted by Crippen LogP contribution is -2.47. The first-order valence-corrected chi connectivity index (χ1v) is 17.1. The third-order valence-corrected chi connectivity index (χ3v) is 7.60. The SMILES string of the molecule is CCCCCCCCCCCCNC(=O)CCC(NC(=O)CCCN)C(=O)NCCCCCCCCCCCC. The van der Waals surface area contributed by atoms with Crippen molar-refractivity contribution in [2.24, 2.45) is 5.73 Å². The largest absolute Gasteiger partial charge is 0.356 e. The van der Waals surface area contributed by atoms with Crippen LogP contribution in [-0.2, 0) is 14.4 Å². The molecule has 0 heterocycles. The molecule has 1 unspecified atom stereocenters. The van der Waals surface area contributed by atoms with Crippen LogP contribution < -0.4 is 21.7 Å². The Balaban J connectivity index is 4.11. The van der Waals surface area contributed by atoms with Crippen molar-refractivity contribution < 1.29 is 14.4 Å². The number of nitrogens with one attached hydrogen (secondary N) is 3. The van der Waals surface area contributed by atoms with Gasteiger partial charge >= 0.3 is 0 Å². The summed E-state index contributed by atoms with van der Waals surface area (Å²) >= 11 is 0. The predicted molar refractivity (Wildman–Crippen MR) is 169 cm³/mol. The highest BCUT2D eigenvalue weighted by atomic mass is 16.2. The molecule has 40 heavy (non-hydrogen) atoms. The van der Waals surface area contributed by atoms with Crippen LogP contribution in [0.1, 0.15) is 168 Å². The number of unbranched alkanes of at least 4 members (excludes halogenated alkanes) is 18. The lowest BCUT2D eigenvalue weighted by atomic mass is 10.1. The van der Waals surface area contributed by atoms with Crippen LogP contribution in [0.3, 0.4) is 0 Å². The molecule has 0 aromatic rings. The zero-order valence-corrected chi connectivity index (χ0v) is 26.5. The molecule has 0 rings (SSSR count). The number of hydrogen-bond acceptors (Lipinski definition) is 4. The number of carbonyl (C=O) groups is 3. The summed E-state index contributed by atoms with van der Waals surface area (Å²) in [5.41, 5.74) is 5.52. The van der Waals surface area contributed by atoms with Gasteiger partial charge in [-0.1, -0.05) is 129 Å². The molecule has 1 atom stereocenters. The van der Waals surface area contributed by atoms with Gasteiger partial charge in [-0.15, -0.1) is 0 Å². The van der Waals surface area contributed by atoms with Gasteiger partial charge in [0.25, 0.3) is 0 Å². The fourth-order valence-electron chi connectivity index (χ4n) is 4.95. The number of nitrogens with two attached hydrogens (primary N) is 1. The highest BCUT2D eigenvalue weighted by Gasteiger charge is 2.21. The van der Waals surface area contributed by atoms with Gasteiger partial charge in [0, 0.05) is 25.9 Å². The second kappa shape index (κ2) is 30.3. The Morgan fingerprint density at radius 3 is 1.40 bits per heavy atom. The van der Waals surface area contributed by atoms with Crippen molar-refractivity contribution in [2.75, 3.05) is 19.6 Å². The average Bonchev–Trinajstić information content (AvgIpc) is 2.95. The van der Waals surface area contributed by atoms with Crippen LogP contribution in [0.15, 0.2) is 0 Å². The van der Waals surface area contributed by atoms with E-state index in [2.05, 4.69) is 29.8 Å². The minimum atomic E-state index is -0.684. The summed E-state index contributed by atoms with van der Waals surface area (Å²) < 4.78 is 0. The molecule has 0 aliphatic carbocycles. The van der Waals surface area contributed by atoms with Gasteiger partial charge in [0.2, 0.25) is 17.7 Å². The number of carbonyl (C=O) groups excluding carboxylic acids is 3. The van der Waals surface area contributed by atoms with Crippen LogP contribution in [0.5, 0.6) is 0 Å². The van der Waals surface area contributed by atoms with E-state index in [-0.39, 0.29) is 24.1 Å². The summed E-state index contributed by atoms with van der Waals surface area (Å²) in [5, 5.41) is 8.78. The van der Waals surface area contributed by atoms with Crippen LogP contribution in [0.2, 0.25) is 0 Å².